The first kappa shape index (κ1) is 13.7. The fraction of sp³-hybridized carbons (Fsp3) is 0.438. The zero-order valence-electron chi connectivity index (χ0n) is 12.1. The Morgan fingerprint density at radius 2 is 2.16 bits per heavy atom. The van der Waals surface area contributed by atoms with Crippen molar-refractivity contribution >= 4 is 5.82 Å². The topological polar surface area (TPSA) is 37.0 Å². The Bertz CT molecular complexity index is 489. The van der Waals surface area contributed by atoms with Crippen LogP contribution in [0.4, 0.5) is 5.82 Å². The molecule has 3 nitrogen and oxygen atoms in total. The molecule has 1 aliphatic rings. The normalized spacial score (nSPS) is 19.8. The third kappa shape index (κ3) is 3.60. The number of aryl methyl sites for hydroxylation is 1. The molecule has 0 fully saturated rings. The third-order valence-electron chi connectivity index (χ3n) is 3.29. The molecule has 0 aliphatic carbocycles. The largest absolute Gasteiger partial charge is 0.381 e. The average Bonchev–Trinajstić information content (AvgIpc) is 2.35. The Labute approximate surface area is 115 Å². The minimum Gasteiger partial charge on any atom is -0.381 e. The van der Waals surface area contributed by atoms with Gasteiger partial charge in [0, 0.05) is 17.9 Å². The second kappa shape index (κ2) is 5.91. The van der Waals surface area contributed by atoms with Crippen molar-refractivity contribution in [2.45, 2.75) is 39.8 Å². The van der Waals surface area contributed by atoms with Crippen LogP contribution in [0.3, 0.4) is 0 Å². The molecule has 0 saturated carbocycles. The van der Waals surface area contributed by atoms with E-state index in [1.54, 1.807) is 0 Å². The van der Waals surface area contributed by atoms with Gasteiger partial charge in [-0.1, -0.05) is 26.0 Å². The Kier molecular flexibility index (Phi) is 4.25. The van der Waals surface area contributed by atoms with Gasteiger partial charge >= 0.3 is 0 Å². The van der Waals surface area contributed by atoms with Crippen molar-refractivity contribution in [3.05, 3.63) is 47.8 Å². The maximum absolute atomic E-state index is 4.39. The summed E-state index contributed by atoms with van der Waals surface area (Å²) in [5, 5.41) is 7.05. The molecule has 2 N–H and O–H groups in total. The lowest BCUT2D eigenvalue weighted by Crippen LogP contribution is -2.39. The van der Waals surface area contributed by atoms with Gasteiger partial charge in [-0.15, -0.1) is 0 Å². The van der Waals surface area contributed by atoms with E-state index >= 15 is 0 Å². The highest BCUT2D eigenvalue weighted by Gasteiger charge is 2.20. The molecule has 2 heterocycles. The van der Waals surface area contributed by atoms with Crippen LogP contribution in [0.1, 0.15) is 26.3 Å². The summed E-state index contributed by atoms with van der Waals surface area (Å²) >= 11 is 0. The Balaban J connectivity index is 2.17. The first-order chi connectivity index (χ1) is 9.06. The van der Waals surface area contributed by atoms with E-state index in [1.165, 1.54) is 11.3 Å². The zero-order valence-corrected chi connectivity index (χ0v) is 12.1. The summed E-state index contributed by atoms with van der Waals surface area (Å²) in [6, 6.07) is 4.73. The standard InChI is InChI=1S/C16H23N3/c1-11(2)16(14-7-5-6-13(4)18-14)19-15-10-12(3)8-9-17-15/h5-11,13,16,18H,1-4H3,(H,17,19). The van der Waals surface area contributed by atoms with Crippen LogP contribution in [0.25, 0.3) is 0 Å². The highest BCUT2D eigenvalue weighted by molar-refractivity contribution is 5.41. The van der Waals surface area contributed by atoms with Crippen molar-refractivity contribution in [3.63, 3.8) is 0 Å². The number of hydrogen-bond donors (Lipinski definition) is 2. The molecule has 1 aliphatic heterocycles. The van der Waals surface area contributed by atoms with Crippen molar-refractivity contribution in [1.82, 2.24) is 10.3 Å². The summed E-state index contributed by atoms with van der Waals surface area (Å²) in [4.78, 5) is 4.39. The number of pyridine rings is 1. The average molecular weight is 257 g/mol. The van der Waals surface area contributed by atoms with Crippen LogP contribution in [-0.4, -0.2) is 17.1 Å². The van der Waals surface area contributed by atoms with Gasteiger partial charge < -0.3 is 10.6 Å². The first-order valence-corrected chi connectivity index (χ1v) is 6.90. The van der Waals surface area contributed by atoms with Crippen molar-refractivity contribution in [3.8, 4) is 0 Å². The maximum Gasteiger partial charge on any atom is 0.126 e. The number of hydrogen-bond acceptors (Lipinski definition) is 3. The molecule has 102 valence electrons. The fourth-order valence-electron chi connectivity index (χ4n) is 2.26. The molecule has 2 atom stereocenters. The summed E-state index contributed by atoms with van der Waals surface area (Å²) in [6.07, 6.45) is 8.27. The number of rotatable bonds is 4. The number of dihydropyridines is 1. The lowest BCUT2D eigenvalue weighted by atomic mass is 9.98. The highest BCUT2D eigenvalue weighted by atomic mass is 15.1. The second-order valence-corrected chi connectivity index (χ2v) is 5.52. The van der Waals surface area contributed by atoms with Gasteiger partial charge in [-0.3, -0.25) is 0 Å². The first-order valence-electron chi connectivity index (χ1n) is 6.90. The van der Waals surface area contributed by atoms with Crippen LogP contribution in [0.5, 0.6) is 0 Å². The summed E-state index contributed by atoms with van der Waals surface area (Å²) in [5.41, 5.74) is 2.45. The molecule has 2 rings (SSSR count). The van der Waals surface area contributed by atoms with Gasteiger partial charge in [0.15, 0.2) is 0 Å². The van der Waals surface area contributed by atoms with Crippen molar-refractivity contribution < 1.29 is 0 Å². The van der Waals surface area contributed by atoms with Gasteiger partial charge in [0.1, 0.15) is 5.82 Å². The number of aromatic nitrogens is 1. The molecular formula is C16H23N3. The number of allylic oxidation sites excluding steroid dienone is 2. The van der Waals surface area contributed by atoms with E-state index in [0.29, 0.717) is 12.0 Å². The number of anilines is 1. The Morgan fingerprint density at radius 3 is 2.79 bits per heavy atom. The fourth-order valence-corrected chi connectivity index (χ4v) is 2.26. The summed E-state index contributed by atoms with van der Waals surface area (Å²) in [6.45, 7) is 8.68. The van der Waals surface area contributed by atoms with Gasteiger partial charge in [0.25, 0.3) is 0 Å². The van der Waals surface area contributed by atoms with E-state index in [-0.39, 0.29) is 6.04 Å². The van der Waals surface area contributed by atoms with Gasteiger partial charge in [0.05, 0.1) is 6.04 Å². The molecule has 0 radical (unpaired) electrons. The lowest BCUT2D eigenvalue weighted by Gasteiger charge is -2.30. The SMILES string of the molecule is Cc1ccnc(NC(C2=CC=CC(C)N2)C(C)C)c1. The van der Waals surface area contributed by atoms with Crippen LogP contribution in [0, 0.1) is 12.8 Å². The Morgan fingerprint density at radius 1 is 1.37 bits per heavy atom. The molecule has 0 spiro atoms. The Hall–Kier alpha value is -1.77. The van der Waals surface area contributed by atoms with E-state index in [9.17, 15) is 0 Å². The quantitative estimate of drug-likeness (QED) is 0.869. The third-order valence-corrected chi connectivity index (χ3v) is 3.29. The summed E-state index contributed by atoms with van der Waals surface area (Å²) in [7, 11) is 0. The highest BCUT2D eigenvalue weighted by Crippen LogP contribution is 2.19. The van der Waals surface area contributed by atoms with E-state index in [2.05, 4.69) is 67.6 Å². The van der Waals surface area contributed by atoms with E-state index in [1.807, 2.05) is 12.3 Å². The molecule has 0 saturated heterocycles. The smallest absolute Gasteiger partial charge is 0.126 e. The molecule has 1 aromatic heterocycles. The van der Waals surface area contributed by atoms with Gasteiger partial charge in [-0.05, 0) is 43.5 Å². The lowest BCUT2D eigenvalue weighted by molar-refractivity contribution is 0.529. The summed E-state index contributed by atoms with van der Waals surface area (Å²) in [5.74, 6) is 1.42. The second-order valence-electron chi connectivity index (χ2n) is 5.52. The van der Waals surface area contributed by atoms with Gasteiger partial charge in [-0.2, -0.15) is 0 Å². The molecule has 2 unspecified atom stereocenters. The van der Waals surface area contributed by atoms with Crippen molar-refractivity contribution in [2.75, 3.05) is 5.32 Å². The molecule has 0 aromatic carbocycles. The maximum atomic E-state index is 4.39. The number of nitrogens with zero attached hydrogens (tertiary/aromatic N) is 1. The van der Waals surface area contributed by atoms with E-state index in [4.69, 9.17) is 0 Å². The molecule has 3 heteroatoms. The molecule has 19 heavy (non-hydrogen) atoms. The predicted octanol–water partition coefficient (Wildman–Crippen LogP) is 3.26. The van der Waals surface area contributed by atoms with E-state index in [0.717, 1.165) is 5.82 Å². The molecular weight excluding hydrogens is 234 g/mol. The van der Waals surface area contributed by atoms with Crippen LogP contribution in [-0.2, 0) is 0 Å². The molecule has 0 amide bonds. The van der Waals surface area contributed by atoms with Gasteiger partial charge in [0.2, 0.25) is 0 Å². The van der Waals surface area contributed by atoms with E-state index < -0.39 is 0 Å². The van der Waals surface area contributed by atoms with Crippen LogP contribution in [0.2, 0.25) is 0 Å². The molecule has 1 aromatic rings. The van der Waals surface area contributed by atoms with Crippen LogP contribution < -0.4 is 10.6 Å². The monoisotopic (exact) mass is 257 g/mol. The minimum absolute atomic E-state index is 0.252. The van der Waals surface area contributed by atoms with Gasteiger partial charge in [-0.25, -0.2) is 4.98 Å². The van der Waals surface area contributed by atoms with Crippen molar-refractivity contribution in [2.24, 2.45) is 5.92 Å². The van der Waals surface area contributed by atoms with Crippen LogP contribution >= 0.6 is 0 Å². The predicted molar refractivity (Wildman–Crippen MR) is 81.0 cm³/mol. The minimum atomic E-state index is 0.252. The zero-order chi connectivity index (χ0) is 13.8. The molecule has 0 bridgehead atoms. The van der Waals surface area contributed by atoms with Crippen molar-refractivity contribution in [1.29, 1.82) is 0 Å². The number of nitrogens with one attached hydrogen (secondary N) is 2. The summed E-state index contributed by atoms with van der Waals surface area (Å²) < 4.78 is 0. The van der Waals surface area contributed by atoms with Crippen LogP contribution in [0.15, 0.2) is 42.3 Å².